The van der Waals surface area contributed by atoms with Crippen molar-refractivity contribution < 1.29 is 4.42 Å². The zero-order valence-corrected chi connectivity index (χ0v) is 28.5. The van der Waals surface area contributed by atoms with Crippen LogP contribution < -0.4 is 4.90 Å². The molecule has 0 aliphatic heterocycles. The van der Waals surface area contributed by atoms with E-state index in [4.69, 9.17) is 4.42 Å². The molecular weight excluding hydrogens is 639 g/mol. The zero-order valence-electron chi connectivity index (χ0n) is 27.7. The highest BCUT2D eigenvalue weighted by atomic mass is 32.1. The standard InChI is InChI=1S/C48H31NOS/c1-3-12-32(13-4-1)34-22-26-37(27-23-34)49(38-28-24-35(25-29-38)33-14-5-2-6-15-33)39-17-11-16-36(30-39)42-31-43-40-18-7-9-20-44(40)50-47(43)46-41-19-8-10-21-45(41)51-48(42)46/h1-31H. The van der Waals surface area contributed by atoms with Crippen molar-refractivity contribution in [2.45, 2.75) is 0 Å². The Morgan fingerprint density at radius 3 is 1.61 bits per heavy atom. The molecule has 8 aromatic carbocycles. The van der Waals surface area contributed by atoms with Gasteiger partial charge in [0, 0.05) is 53.6 Å². The van der Waals surface area contributed by atoms with Gasteiger partial charge in [-0.15, -0.1) is 11.3 Å². The van der Waals surface area contributed by atoms with Gasteiger partial charge in [-0.3, -0.25) is 0 Å². The molecule has 0 atom stereocenters. The molecule has 0 saturated heterocycles. The first-order chi connectivity index (χ1) is 25.3. The Kier molecular flexibility index (Phi) is 7.04. The van der Waals surface area contributed by atoms with E-state index < -0.39 is 0 Å². The van der Waals surface area contributed by atoms with Gasteiger partial charge in [0.25, 0.3) is 0 Å². The van der Waals surface area contributed by atoms with Crippen molar-refractivity contribution >= 4 is 70.5 Å². The third kappa shape index (κ3) is 5.10. The van der Waals surface area contributed by atoms with Gasteiger partial charge in [-0.05, 0) is 82.4 Å². The molecule has 0 fully saturated rings. The van der Waals surface area contributed by atoms with Gasteiger partial charge < -0.3 is 9.32 Å². The number of hydrogen-bond acceptors (Lipinski definition) is 3. The number of thiophene rings is 1. The summed E-state index contributed by atoms with van der Waals surface area (Å²) in [5.41, 5.74) is 12.4. The van der Waals surface area contributed by atoms with E-state index >= 15 is 0 Å². The molecule has 0 unspecified atom stereocenters. The van der Waals surface area contributed by atoms with Gasteiger partial charge in [0.2, 0.25) is 0 Å². The highest BCUT2D eigenvalue weighted by Crippen LogP contribution is 2.47. The summed E-state index contributed by atoms with van der Waals surface area (Å²) in [5.74, 6) is 0. The van der Waals surface area contributed by atoms with Crippen molar-refractivity contribution in [1.82, 2.24) is 0 Å². The first kappa shape index (κ1) is 29.5. The van der Waals surface area contributed by atoms with Crippen LogP contribution in [0.15, 0.2) is 192 Å². The van der Waals surface area contributed by atoms with Gasteiger partial charge in [0.05, 0.1) is 0 Å². The Morgan fingerprint density at radius 1 is 0.392 bits per heavy atom. The van der Waals surface area contributed by atoms with Crippen molar-refractivity contribution in [3.8, 4) is 33.4 Å². The molecule has 0 aliphatic rings. The molecule has 2 aromatic heterocycles. The monoisotopic (exact) mass is 669 g/mol. The van der Waals surface area contributed by atoms with Crippen molar-refractivity contribution in [3.63, 3.8) is 0 Å². The van der Waals surface area contributed by atoms with Gasteiger partial charge in [0.1, 0.15) is 11.2 Å². The average Bonchev–Trinajstić information content (AvgIpc) is 3.78. The molecule has 0 bridgehead atoms. The highest BCUT2D eigenvalue weighted by molar-refractivity contribution is 7.26. The molecule has 2 nitrogen and oxygen atoms in total. The maximum Gasteiger partial charge on any atom is 0.144 e. The molecule has 0 N–H and O–H groups in total. The number of benzene rings is 8. The fraction of sp³-hybridized carbons (Fsp3) is 0. The Bertz CT molecular complexity index is 2750. The number of rotatable bonds is 6. The second-order valence-corrected chi connectivity index (χ2v) is 14.0. The molecule has 0 spiro atoms. The van der Waals surface area contributed by atoms with Gasteiger partial charge in [-0.25, -0.2) is 0 Å². The van der Waals surface area contributed by atoms with Crippen LogP contribution in [-0.2, 0) is 0 Å². The van der Waals surface area contributed by atoms with Crippen LogP contribution in [0.5, 0.6) is 0 Å². The van der Waals surface area contributed by atoms with Crippen molar-refractivity contribution in [3.05, 3.63) is 188 Å². The minimum Gasteiger partial charge on any atom is -0.455 e. The van der Waals surface area contributed by atoms with Crippen molar-refractivity contribution in [2.24, 2.45) is 0 Å². The summed E-state index contributed by atoms with van der Waals surface area (Å²) in [6.45, 7) is 0. The van der Waals surface area contributed by atoms with Crippen LogP contribution in [0.25, 0.3) is 75.5 Å². The lowest BCUT2D eigenvalue weighted by atomic mass is 9.98. The summed E-state index contributed by atoms with van der Waals surface area (Å²) in [4.78, 5) is 2.36. The number of furan rings is 1. The molecule has 10 aromatic rings. The van der Waals surface area contributed by atoms with Gasteiger partial charge in [-0.1, -0.05) is 133 Å². The number of nitrogens with zero attached hydrogens (tertiary/aromatic N) is 1. The van der Waals surface area contributed by atoms with Crippen LogP contribution in [0, 0.1) is 0 Å². The lowest BCUT2D eigenvalue weighted by Gasteiger charge is -2.26. The average molecular weight is 670 g/mol. The van der Waals surface area contributed by atoms with Crippen molar-refractivity contribution in [2.75, 3.05) is 4.90 Å². The van der Waals surface area contributed by atoms with E-state index in [9.17, 15) is 0 Å². The molecule has 3 heteroatoms. The number of anilines is 3. The number of hydrogen-bond donors (Lipinski definition) is 0. The van der Waals surface area contributed by atoms with E-state index in [1.54, 1.807) is 0 Å². The fourth-order valence-corrected chi connectivity index (χ4v) is 8.64. The molecular formula is C48H31NOS. The fourth-order valence-electron chi connectivity index (χ4n) is 7.41. The van der Waals surface area contributed by atoms with Gasteiger partial charge in [0.15, 0.2) is 0 Å². The van der Waals surface area contributed by atoms with Crippen LogP contribution in [0.2, 0.25) is 0 Å². The van der Waals surface area contributed by atoms with E-state index in [0.29, 0.717) is 0 Å². The van der Waals surface area contributed by atoms with Gasteiger partial charge >= 0.3 is 0 Å². The van der Waals surface area contributed by atoms with Crippen LogP contribution in [0.3, 0.4) is 0 Å². The summed E-state index contributed by atoms with van der Waals surface area (Å²) in [6, 6.07) is 67.3. The normalized spacial score (nSPS) is 11.5. The molecule has 51 heavy (non-hydrogen) atoms. The first-order valence-electron chi connectivity index (χ1n) is 17.3. The van der Waals surface area contributed by atoms with Crippen LogP contribution >= 0.6 is 11.3 Å². The first-order valence-corrected chi connectivity index (χ1v) is 18.1. The molecule has 240 valence electrons. The zero-order chi connectivity index (χ0) is 33.7. The topological polar surface area (TPSA) is 16.4 Å². The maximum absolute atomic E-state index is 6.58. The van der Waals surface area contributed by atoms with Crippen LogP contribution in [0.4, 0.5) is 17.1 Å². The second kappa shape index (κ2) is 12.2. The molecule has 0 radical (unpaired) electrons. The molecule has 0 saturated carbocycles. The van der Waals surface area contributed by atoms with Crippen molar-refractivity contribution in [1.29, 1.82) is 0 Å². The van der Waals surface area contributed by atoms with E-state index in [-0.39, 0.29) is 0 Å². The summed E-state index contributed by atoms with van der Waals surface area (Å²) in [6.07, 6.45) is 0. The van der Waals surface area contributed by atoms with Crippen LogP contribution in [0.1, 0.15) is 0 Å². The number of para-hydroxylation sites is 1. The third-order valence-corrected chi connectivity index (χ3v) is 11.1. The van der Waals surface area contributed by atoms with E-state index in [2.05, 4.69) is 187 Å². The lowest BCUT2D eigenvalue weighted by Crippen LogP contribution is -2.10. The third-order valence-electron chi connectivity index (χ3n) is 9.87. The summed E-state index contributed by atoms with van der Waals surface area (Å²) in [7, 11) is 0. The predicted molar refractivity (Wildman–Crippen MR) is 218 cm³/mol. The van der Waals surface area contributed by atoms with E-state index in [0.717, 1.165) is 39.0 Å². The Morgan fingerprint density at radius 2 is 0.941 bits per heavy atom. The Hall–Kier alpha value is -6.42. The SMILES string of the molecule is c1ccc(-c2ccc(N(c3ccc(-c4ccccc4)cc3)c3cccc(-c4cc5c6ccccc6oc5c5c4sc4ccccc45)c3)cc2)cc1. The minimum atomic E-state index is 0.916. The largest absolute Gasteiger partial charge is 0.455 e. The van der Waals surface area contributed by atoms with Gasteiger partial charge in [-0.2, -0.15) is 0 Å². The minimum absolute atomic E-state index is 0.916. The molecule has 0 amide bonds. The summed E-state index contributed by atoms with van der Waals surface area (Å²) < 4.78 is 9.08. The van der Waals surface area contributed by atoms with Crippen LogP contribution in [-0.4, -0.2) is 0 Å². The Balaban J connectivity index is 1.16. The predicted octanol–water partition coefficient (Wildman–Crippen LogP) is 14.4. The highest BCUT2D eigenvalue weighted by Gasteiger charge is 2.20. The molecule has 10 rings (SSSR count). The van der Waals surface area contributed by atoms with E-state index in [1.807, 2.05) is 17.4 Å². The quantitative estimate of drug-likeness (QED) is 0.175. The van der Waals surface area contributed by atoms with E-state index in [1.165, 1.54) is 53.6 Å². The molecule has 0 aliphatic carbocycles. The molecule has 2 heterocycles. The number of fused-ring (bicyclic) bond motifs is 7. The summed E-state index contributed by atoms with van der Waals surface area (Å²) >= 11 is 1.84. The Labute approximate surface area is 300 Å². The smallest absolute Gasteiger partial charge is 0.144 e. The second-order valence-electron chi connectivity index (χ2n) is 12.9. The lowest BCUT2D eigenvalue weighted by molar-refractivity contribution is 0.673. The summed E-state index contributed by atoms with van der Waals surface area (Å²) in [5, 5.41) is 4.71. The maximum atomic E-state index is 6.58.